The molecule has 4 atom stereocenters. The van der Waals surface area contributed by atoms with Crippen molar-refractivity contribution in [2.75, 3.05) is 11.9 Å². The standard InChI is InChI=1S/C27H22F2N2O3/c1-14-8-9-22-17(10-14)24-18(13-34-22)23(15-6-4-3-5-7-15)27(2)26(33)30-21-12-20(29)19(28)11-16(21)25(32)31(24)27/h3-12,18,23-24H,13H2,1-2H3,(H,30,33)/t18-,23+,24+,27-/m1/s1. The topological polar surface area (TPSA) is 58.6 Å². The third-order valence-corrected chi connectivity index (χ3v) is 7.51. The Kier molecular flexibility index (Phi) is 4.37. The first kappa shape index (κ1) is 20.8. The summed E-state index contributed by atoms with van der Waals surface area (Å²) in [5, 5.41) is 2.73. The van der Waals surface area contributed by atoms with E-state index < -0.39 is 40.9 Å². The van der Waals surface area contributed by atoms with Crippen LogP contribution in [0.4, 0.5) is 14.5 Å². The molecule has 3 aliphatic rings. The minimum absolute atomic E-state index is 0.0237. The first-order valence-electron chi connectivity index (χ1n) is 11.2. The van der Waals surface area contributed by atoms with E-state index in [1.54, 1.807) is 11.8 Å². The second-order valence-electron chi connectivity index (χ2n) is 9.44. The second-order valence-corrected chi connectivity index (χ2v) is 9.44. The van der Waals surface area contributed by atoms with Gasteiger partial charge in [0, 0.05) is 23.5 Å². The molecule has 6 rings (SSSR count). The maximum absolute atomic E-state index is 14.2. The van der Waals surface area contributed by atoms with E-state index in [-0.39, 0.29) is 17.2 Å². The van der Waals surface area contributed by atoms with Gasteiger partial charge in [-0.1, -0.05) is 48.0 Å². The summed E-state index contributed by atoms with van der Waals surface area (Å²) in [6.07, 6.45) is 0. The number of hydrogen-bond donors (Lipinski definition) is 1. The Balaban J connectivity index is 1.64. The normalized spacial score (nSPS) is 27.1. The number of halogens is 2. The molecule has 1 fully saturated rings. The summed E-state index contributed by atoms with van der Waals surface area (Å²) in [5.74, 6) is -3.18. The van der Waals surface area contributed by atoms with Gasteiger partial charge in [0.05, 0.1) is 23.9 Å². The zero-order valence-corrected chi connectivity index (χ0v) is 18.6. The largest absolute Gasteiger partial charge is 0.493 e. The van der Waals surface area contributed by atoms with Crippen LogP contribution in [0.25, 0.3) is 0 Å². The van der Waals surface area contributed by atoms with E-state index in [2.05, 4.69) is 5.32 Å². The Morgan fingerprint density at radius 3 is 2.53 bits per heavy atom. The van der Waals surface area contributed by atoms with Crippen LogP contribution in [0.15, 0.2) is 60.7 Å². The predicted octanol–water partition coefficient (Wildman–Crippen LogP) is 4.97. The average Bonchev–Trinajstić information content (AvgIpc) is 3.07. The van der Waals surface area contributed by atoms with Gasteiger partial charge in [0.25, 0.3) is 11.8 Å². The monoisotopic (exact) mass is 460 g/mol. The van der Waals surface area contributed by atoms with Crippen LogP contribution in [0.1, 0.15) is 45.9 Å². The first-order chi connectivity index (χ1) is 16.3. The molecule has 34 heavy (non-hydrogen) atoms. The number of nitrogens with zero attached hydrogens (tertiary/aromatic N) is 1. The number of amides is 2. The number of hydrogen-bond acceptors (Lipinski definition) is 3. The molecule has 1 saturated heterocycles. The maximum atomic E-state index is 14.2. The lowest BCUT2D eigenvalue weighted by atomic mass is 9.73. The van der Waals surface area contributed by atoms with Gasteiger partial charge in [-0.15, -0.1) is 0 Å². The first-order valence-corrected chi connectivity index (χ1v) is 11.2. The molecule has 0 aliphatic carbocycles. The predicted molar refractivity (Wildman–Crippen MR) is 122 cm³/mol. The SMILES string of the molecule is Cc1ccc2c(c1)[C@H]1[C@H](CO2)[C@H](c2ccccc2)[C@]2(C)C(=O)Nc3cc(F)c(F)cc3C(=O)N12. The smallest absolute Gasteiger partial charge is 0.257 e. The van der Waals surface area contributed by atoms with Crippen molar-refractivity contribution in [2.24, 2.45) is 5.92 Å². The number of carbonyl (C=O) groups excluding carboxylic acids is 2. The third-order valence-electron chi connectivity index (χ3n) is 7.51. The molecule has 7 heteroatoms. The van der Waals surface area contributed by atoms with Gasteiger partial charge < -0.3 is 15.0 Å². The summed E-state index contributed by atoms with van der Waals surface area (Å²) >= 11 is 0. The number of fused-ring (bicyclic) bond motifs is 6. The molecule has 1 N–H and O–H groups in total. The van der Waals surface area contributed by atoms with E-state index in [1.807, 2.05) is 55.5 Å². The van der Waals surface area contributed by atoms with E-state index >= 15 is 0 Å². The van der Waals surface area contributed by atoms with Crippen LogP contribution in [-0.4, -0.2) is 28.9 Å². The van der Waals surface area contributed by atoms with Crippen molar-refractivity contribution >= 4 is 17.5 Å². The van der Waals surface area contributed by atoms with Crippen LogP contribution in [0.3, 0.4) is 0 Å². The molecule has 3 aliphatic heterocycles. The number of anilines is 1. The van der Waals surface area contributed by atoms with Gasteiger partial charge >= 0.3 is 0 Å². The van der Waals surface area contributed by atoms with E-state index in [1.165, 1.54) is 0 Å². The maximum Gasteiger partial charge on any atom is 0.257 e. The van der Waals surface area contributed by atoms with Crippen molar-refractivity contribution in [3.63, 3.8) is 0 Å². The van der Waals surface area contributed by atoms with Gasteiger partial charge in [-0.25, -0.2) is 8.78 Å². The highest BCUT2D eigenvalue weighted by atomic mass is 19.2. The van der Waals surface area contributed by atoms with Gasteiger partial charge in [0.15, 0.2) is 11.6 Å². The number of ether oxygens (including phenoxy) is 1. The molecule has 0 radical (unpaired) electrons. The van der Waals surface area contributed by atoms with E-state index in [9.17, 15) is 18.4 Å². The molecule has 0 aromatic heterocycles. The average molecular weight is 460 g/mol. The fourth-order valence-corrected chi connectivity index (χ4v) is 6.03. The molecule has 3 heterocycles. The summed E-state index contributed by atoms with van der Waals surface area (Å²) < 4.78 is 34.4. The molecular formula is C27H22F2N2O3. The van der Waals surface area contributed by atoms with E-state index in [0.29, 0.717) is 12.4 Å². The molecule has 0 spiro atoms. The molecule has 172 valence electrons. The zero-order valence-electron chi connectivity index (χ0n) is 18.6. The van der Waals surface area contributed by atoms with Crippen molar-refractivity contribution in [2.45, 2.75) is 31.3 Å². The van der Waals surface area contributed by atoms with E-state index in [4.69, 9.17) is 4.74 Å². The summed E-state index contributed by atoms with van der Waals surface area (Å²) in [4.78, 5) is 29.5. The lowest BCUT2D eigenvalue weighted by Gasteiger charge is -2.38. The molecule has 0 saturated carbocycles. The fraction of sp³-hybridized carbons (Fsp3) is 0.259. The Morgan fingerprint density at radius 1 is 1.03 bits per heavy atom. The third kappa shape index (κ3) is 2.70. The lowest BCUT2D eigenvalue weighted by molar-refractivity contribution is -0.125. The summed E-state index contributed by atoms with van der Waals surface area (Å²) in [6, 6.07) is 16.6. The van der Waals surface area contributed by atoms with Crippen LogP contribution in [0, 0.1) is 24.5 Å². The van der Waals surface area contributed by atoms with Gasteiger partial charge in [0.2, 0.25) is 0 Å². The molecular weight excluding hydrogens is 438 g/mol. The Labute approximate surface area is 195 Å². The van der Waals surface area contributed by atoms with Crippen molar-refractivity contribution < 1.29 is 23.1 Å². The molecule has 0 bridgehead atoms. The highest BCUT2D eigenvalue weighted by Crippen LogP contribution is 2.60. The highest BCUT2D eigenvalue weighted by Gasteiger charge is 2.65. The Hall–Kier alpha value is -3.74. The second kappa shape index (κ2) is 7.13. The number of rotatable bonds is 1. The molecule has 3 aromatic carbocycles. The van der Waals surface area contributed by atoms with Crippen molar-refractivity contribution in [1.29, 1.82) is 0 Å². The number of carbonyl (C=O) groups is 2. The van der Waals surface area contributed by atoms with Gasteiger partial charge in [-0.05, 0) is 31.5 Å². The van der Waals surface area contributed by atoms with E-state index in [0.717, 1.165) is 28.8 Å². The molecule has 5 nitrogen and oxygen atoms in total. The summed E-state index contributed by atoms with van der Waals surface area (Å²) in [5.41, 5.74) is 1.29. The van der Waals surface area contributed by atoms with Crippen molar-refractivity contribution in [3.8, 4) is 5.75 Å². The van der Waals surface area contributed by atoms with Crippen molar-refractivity contribution in [1.82, 2.24) is 4.90 Å². The molecule has 3 aromatic rings. The quantitative estimate of drug-likeness (QED) is 0.558. The summed E-state index contributed by atoms with van der Waals surface area (Å²) in [7, 11) is 0. The van der Waals surface area contributed by atoms with Crippen LogP contribution >= 0.6 is 0 Å². The van der Waals surface area contributed by atoms with Gasteiger partial charge in [-0.2, -0.15) is 0 Å². The number of benzene rings is 3. The summed E-state index contributed by atoms with van der Waals surface area (Å²) in [6.45, 7) is 4.01. The van der Waals surface area contributed by atoms with Crippen LogP contribution in [0.5, 0.6) is 5.75 Å². The van der Waals surface area contributed by atoms with Crippen molar-refractivity contribution in [3.05, 3.63) is 94.6 Å². The van der Waals surface area contributed by atoms with Crippen LogP contribution in [0.2, 0.25) is 0 Å². The lowest BCUT2D eigenvalue weighted by Crippen LogP contribution is -2.54. The molecule has 2 amide bonds. The highest BCUT2D eigenvalue weighted by molar-refractivity contribution is 6.12. The van der Waals surface area contributed by atoms with Gasteiger partial charge in [0.1, 0.15) is 11.3 Å². The fourth-order valence-electron chi connectivity index (χ4n) is 6.03. The number of aryl methyl sites for hydroxylation is 1. The van der Waals surface area contributed by atoms with Crippen LogP contribution < -0.4 is 10.1 Å². The minimum atomic E-state index is -1.32. The minimum Gasteiger partial charge on any atom is -0.493 e. The Morgan fingerprint density at radius 2 is 1.76 bits per heavy atom. The molecule has 0 unspecified atom stereocenters. The van der Waals surface area contributed by atoms with Crippen LogP contribution in [-0.2, 0) is 4.79 Å². The Bertz CT molecular complexity index is 1360. The zero-order chi connectivity index (χ0) is 23.8. The van der Waals surface area contributed by atoms with Gasteiger partial charge in [-0.3, -0.25) is 9.59 Å². The number of nitrogens with one attached hydrogen (secondary N) is 1.